The summed E-state index contributed by atoms with van der Waals surface area (Å²) in [4.78, 5) is 51.1. The van der Waals surface area contributed by atoms with Crippen molar-refractivity contribution in [2.45, 2.75) is 250 Å². The van der Waals surface area contributed by atoms with E-state index in [0.29, 0.717) is 19.3 Å². The molecule has 0 aliphatic carbocycles. The number of rotatable bonds is 48. The van der Waals surface area contributed by atoms with Gasteiger partial charge in [-0.3, -0.25) is 14.4 Å². The maximum Gasteiger partial charge on any atom is 0.335 e. The SMILES string of the molecule is CC/C=C\C/C=C\C/C=C\C/C=C\C/C=C\C/C=C\CCC(=O)OCC(COC1OC(C(=O)O)C(O)C(O)C1OC(=O)CCCCCCCCCCCCC)OC(=O)CCCCCC/C=C\C/C=C\C/C=C\C/C=C\CC. The van der Waals surface area contributed by atoms with Crippen molar-refractivity contribution in [3.63, 3.8) is 0 Å². The summed E-state index contributed by atoms with van der Waals surface area (Å²) in [6, 6.07) is 0. The van der Waals surface area contributed by atoms with Gasteiger partial charge in [-0.05, 0) is 96.3 Å². The Kier molecular flexibility index (Phi) is 47.2. The second-order valence-corrected chi connectivity index (χ2v) is 19.5. The number of unbranched alkanes of at least 4 members (excludes halogenated alkanes) is 14. The van der Waals surface area contributed by atoms with Crippen molar-refractivity contribution in [3.8, 4) is 0 Å². The minimum absolute atomic E-state index is 0.0462. The number of carboxylic acids is 1. The molecule has 12 nitrogen and oxygen atoms in total. The van der Waals surface area contributed by atoms with Crippen molar-refractivity contribution in [2.75, 3.05) is 13.2 Å². The average molecular weight is 1080 g/mol. The van der Waals surface area contributed by atoms with E-state index >= 15 is 0 Å². The van der Waals surface area contributed by atoms with Gasteiger partial charge in [-0.2, -0.15) is 0 Å². The maximum absolute atomic E-state index is 13.1. The van der Waals surface area contributed by atoms with E-state index < -0.39 is 67.3 Å². The standard InChI is InChI=1S/C65H102O12/c1-4-7-10-13-16-19-22-24-26-28-29-31-32-34-37-39-42-45-48-51-57(66)73-54-56(75-58(67)52-49-46-43-41-38-35-33-30-27-25-23-20-17-14-11-8-5-2)55-74-65-63(61(70)60(69)62(77-65)64(71)72)76-59(68)53-50-47-44-40-36-21-18-15-12-9-6-3/h7-8,10-11,16-17,19-20,24-27,29,31,33-35,37,42,45,56,60-63,65,69-70H,4-6,9,12-15,18,21-23,28,30,32,36,38-41,43-44,46-55H2,1-3H3,(H,71,72)/b10-7-,11-8-,19-16-,20-17-,26-24-,27-25-,31-29-,35-33-,37-34-,45-42-. The van der Waals surface area contributed by atoms with Crippen LogP contribution in [0.1, 0.15) is 213 Å². The second kappa shape index (κ2) is 51.9. The summed E-state index contributed by atoms with van der Waals surface area (Å²) in [5.41, 5.74) is 0. The van der Waals surface area contributed by atoms with Crippen molar-refractivity contribution in [1.29, 1.82) is 0 Å². The predicted octanol–water partition coefficient (Wildman–Crippen LogP) is 15.2. The molecule has 6 atom stereocenters. The first-order valence-corrected chi connectivity index (χ1v) is 29.5. The zero-order chi connectivity index (χ0) is 56.1. The van der Waals surface area contributed by atoms with Crippen LogP contribution in [0.5, 0.6) is 0 Å². The topological polar surface area (TPSA) is 175 Å². The molecule has 1 aliphatic rings. The molecule has 1 rings (SSSR count). The highest BCUT2D eigenvalue weighted by molar-refractivity contribution is 5.74. The van der Waals surface area contributed by atoms with Crippen LogP contribution in [0.15, 0.2) is 122 Å². The van der Waals surface area contributed by atoms with Crippen molar-refractivity contribution in [2.24, 2.45) is 0 Å². The maximum atomic E-state index is 13.1. The van der Waals surface area contributed by atoms with Gasteiger partial charge in [0.1, 0.15) is 18.8 Å². The molecule has 0 aromatic heterocycles. The monoisotopic (exact) mass is 1070 g/mol. The molecule has 6 unspecified atom stereocenters. The van der Waals surface area contributed by atoms with E-state index in [-0.39, 0.29) is 25.9 Å². The number of hydrogen-bond acceptors (Lipinski definition) is 11. The number of carbonyl (C=O) groups is 4. The third-order valence-electron chi connectivity index (χ3n) is 12.5. The van der Waals surface area contributed by atoms with E-state index in [1.165, 1.54) is 38.5 Å². The van der Waals surface area contributed by atoms with Gasteiger partial charge in [0.2, 0.25) is 0 Å². The van der Waals surface area contributed by atoms with Gasteiger partial charge in [0.25, 0.3) is 0 Å². The third-order valence-corrected chi connectivity index (χ3v) is 12.5. The molecule has 434 valence electrons. The summed E-state index contributed by atoms with van der Waals surface area (Å²) in [5, 5.41) is 31.4. The fourth-order valence-corrected chi connectivity index (χ4v) is 8.09. The number of esters is 3. The average Bonchev–Trinajstić information content (AvgIpc) is 3.42. The van der Waals surface area contributed by atoms with E-state index in [0.717, 1.165) is 116 Å². The van der Waals surface area contributed by atoms with Gasteiger partial charge in [0.15, 0.2) is 24.6 Å². The minimum atomic E-state index is -1.92. The molecule has 0 radical (unpaired) electrons. The number of aliphatic hydroxyl groups excluding tert-OH is 2. The van der Waals surface area contributed by atoms with Crippen molar-refractivity contribution >= 4 is 23.9 Å². The lowest BCUT2D eigenvalue weighted by atomic mass is 9.98. The molecule has 0 amide bonds. The van der Waals surface area contributed by atoms with E-state index in [1.807, 2.05) is 12.2 Å². The summed E-state index contributed by atoms with van der Waals surface area (Å²) < 4.78 is 28.3. The minimum Gasteiger partial charge on any atom is -0.479 e. The van der Waals surface area contributed by atoms with Crippen LogP contribution >= 0.6 is 0 Å². The highest BCUT2D eigenvalue weighted by Gasteiger charge is 2.50. The van der Waals surface area contributed by atoms with Gasteiger partial charge >= 0.3 is 23.9 Å². The van der Waals surface area contributed by atoms with Crippen LogP contribution in [0.3, 0.4) is 0 Å². The molecule has 1 aliphatic heterocycles. The van der Waals surface area contributed by atoms with Gasteiger partial charge in [-0.15, -0.1) is 0 Å². The van der Waals surface area contributed by atoms with Crippen LogP contribution in [0.2, 0.25) is 0 Å². The number of aliphatic hydroxyl groups is 2. The molecular formula is C65H102O12. The number of carbonyl (C=O) groups excluding carboxylic acids is 3. The summed E-state index contributed by atoms with van der Waals surface area (Å²) in [5.74, 6) is -3.28. The molecule has 0 aromatic rings. The molecule has 0 saturated carbocycles. The van der Waals surface area contributed by atoms with Crippen molar-refractivity contribution < 1.29 is 58.2 Å². The fourth-order valence-electron chi connectivity index (χ4n) is 8.09. The van der Waals surface area contributed by atoms with Crippen LogP contribution in [-0.2, 0) is 42.9 Å². The molecule has 3 N–H and O–H groups in total. The quantitative estimate of drug-likeness (QED) is 0.0228. The Labute approximate surface area is 465 Å². The van der Waals surface area contributed by atoms with Gasteiger partial charge < -0.3 is 39.0 Å². The molecule has 1 heterocycles. The first-order valence-electron chi connectivity index (χ1n) is 29.5. The second-order valence-electron chi connectivity index (χ2n) is 19.5. The number of aliphatic carboxylic acids is 1. The Morgan fingerprint density at radius 1 is 0.442 bits per heavy atom. The summed E-state index contributed by atoms with van der Waals surface area (Å²) in [7, 11) is 0. The van der Waals surface area contributed by atoms with Crippen molar-refractivity contribution in [3.05, 3.63) is 122 Å². The number of ether oxygens (including phenoxy) is 5. The first-order chi connectivity index (χ1) is 37.6. The molecule has 12 heteroatoms. The van der Waals surface area contributed by atoms with Crippen LogP contribution < -0.4 is 0 Å². The van der Waals surface area contributed by atoms with E-state index in [4.69, 9.17) is 23.7 Å². The molecule has 1 fully saturated rings. The largest absolute Gasteiger partial charge is 0.479 e. The Bertz CT molecular complexity index is 1800. The Morgan fingerprint density at radius 3 is 1.30 bits per heavy atom. The van der Waals surface area contributed by atoms with Crippen LogP contribution in [-0.4, -0.2) is 89.2 Å². The van der Waals surface area contributed by atoms with E-state index in [1.54, 1.807) is 0 Å². The zero-order valence-corrected chi connectivity index (χ0v) is 47.7. The highest BCUT2D eigenvalue weighted by atomic mass is 16.7. The summed E-state index contributed by atoms with van der Waals surface area (Å²) >= 11 is 0. The van der Waals surface area contributed by atoms with Crippen LogP contribution in [0.4, 0.5) is 0 Å². The van der Waals surface area contributed by atoms with Crippen molar-refractivity contribution in [1.82, 2.24) is 0 Å². The molecule has 0 spiro atoms. The molecular weight excluding hydrogens is 973 g/mol. The lowest BCUT2D eigenvalue weighted by Crippen LogP contribution is -2.61. The normalized spacial score (nSPS) is 18.9. The lowest BCUT2D eigenvalue weighted by Gasteiger charge is -2.40. The third kappa shape index (κ3) is 41.8. The predicted molar refractivity (Wildman–Crippen MR) is 312 cm³/mol. The first kappa shape index (κ1) is 70.1. The van der Waals surface area contributed by atoms with Crippen LogP contribution in [0, 0.1) is 0 Å². The smallest absolute Gasteiger partial charge is 0.335 e. The van der Waals surface area contributed by atoms with Gasteiger partial charge in [0, 0.05) is 19.3 Å². The molecule has 77 heavy (non-hydrogen) atoms. The summed E-state index contributed by atoms with van der Waals surface area (Å²) in [6.45, 7) is 5.65. The van der Waals surface area contributed by atoms with Crippen LogP contribution in [0.25, 0.3) is 0 Å². The van der Waals surface area contributed by atoms with E-state index in [2.05, 4.69) is 130 Å². The highest BCUT2D eigenvalue weighted by Crippen LogP contribution is 2.26. The van der Waals surface area contributed by atoms with E-state index in [9.17, 15) is 34.5 Å². The van der Waals surface area contributed by atoms with Gasteiger partial charge in [-0.25, -0.2) is 4.79 Å². The Hall–Kier alpha value is -4.88. The lowest BCUT2D eigenvalue weighted by molar-refractivity contribution is -0.301. The number of carboxylic acid groups (broad SMARTS) is 1. The van der Waals surface area contributed by atoms with Gasteiger partial charge in [-0.1, -0.05) is 219 Å². The molecule has 0 aromatic carbocycles. The molecule has 1 saturated heterocycles. The fraction of sp³-hybridized carbons (Fsp3) is 0.631. The summed E-state index contributed by atoms with van der Waals surface area (Å²) in [6.07, 6.45) is 59.0. The zero-order valence-electron chi connectivity index (χ0n) is 47.7. The Balaban J connectivity index is 2.76. The number of hydrogen-bond donors (Lipinski definition) is 3. The molecule has 0 bridgehead atoms. The Morgan fingerprint density at radius 2 is 0.844 bits per heavy atom. The number of allylic oxidation sites excluding steroid dienone is 20. The van der Waals surface area contributed by atoms with Gasteiger partial charge in [0.05, 0.1) is 6.61 Å².